The summed E-state index contributed by atoms with van der Waals surface area (Å²) in [5.41, 5.74) is 1.65. The molecule has 0 radical (unpaired) electrons. The van der Waals surface area contributed by atoms with Crippen molar-refractivity contribution in [2.24, 2.45) is 0 Å². The predicted molar refractivity (Wildman–Crippen MR) is 75.5 cm³/mol. The zero-order valence-electron chi connectivity index (χ0n) is 9.89. The first-order valence-corrected chi connectivity index (χ1v) is 6.85. The molecular weight excluding hydrogens is 266 g/mol. The highest BCUT2D eigenvalue weighted by Gasteiger charge is 2.07. The minimum Gasteiger partial charge on any atom is -0.293 e. The first-order chi connectivity index (χ1) is 8.65. The summed E-state index contributed by atoms with van der Waals surface area (Å²) >= 11 is 7.37. The fourth-order valence-electron chi connectivity index (χ4n) is 1.50. The van der Waals surface area contributed by atoms with Crippen molar-refractivity contribution in [2.45, 2.75) is 11.8 Å². The van der Waals surface area contributed by atoms with Crippen LogP contribution in [0.15, 0.2) is 47.6 Å². The van der Waals surface area contributed by atoms with E-state index in [1.165, 1.54) is 11.8 Å². The van der Waals surface area contributed by atoms with Gasteiger partial charge in [-0.05, 0) is 36.8 Å². The maximum atomic E-state index is 12.0. The Morgan fingerprint density at radius 2 is 2.17 bits per heavy atom. The molecule has 1 aromatic heterocycles. The fraction of sp³-hybridized carbons (Fsp3) is 0.143. The highest BCUT2D eigenvalue weighted by atomic mass is 35.5. The van der Waals surface area contributed by atoms with Gasteiger partial charge in [0.15, 0.2) is 5.78 Å². The van der Waals surface area contributed by atoms with Crippen molar-refractivity contribution in [3.63, 3.8) is 0 Å². The van der Waals surface area contributed by atoms with E-state index in [-0.39, 0.29) is 5.78 Å². The van der Waals surface area contributed by atoms with Gasteiger partial charge in [0.25, 0.3) is 0 Å². The highest BCUT2D eigenvalue weighted by molar-refractivity contribution is 8.00. The normalized spacial score (nSPS) is 10.3. The van der Waals surface area contributed by atoms with Crippen molar-refractivity contribution in [1.29, 1.82) is 0 Å². The van der Waals surface area contributed by atoms with Crippen LogP contribution in [0, 0.1) is 6.92 Å². The second-order valence-corrected chi connectivity index (χ2v) is 5.41. The van der Waals surface area contributed by atoms with Gasteiger partial charge in [-0.25, -0.2) is 0 Å². The van der Waals surface area contributed by atoms with Crippen LogP contribution < -0.4 is 0 Å². The Kier molecular flexibility index (Phi) is 4.39. The largest absolute Gasteiger partial charge is 0.293 e. The molecule has 0 bridgehead atoms. The average molecular weight is 278 g/mol. The molecule has 0 unspecified atom stereocenters. The third-order valence-corrected chi connectivity index (χ3v) is 3.59. The second kappa shape index (κ2) is 6.03. The number of halogens is 1. The van der Waals surface area contributed by atoms with Crippen LogP contribution in [0.25, 0.3) is 0 Å². The van der Waals surface area contributed by atoms with Crippen LogP contribution >= 0.6 is 23.4 Å². The Balaban J connectivity index is 2.00. The van der Waals surface area contributed by atoms with Crippen molar-refractivity contribution < 1.29 is 4.79 Å². The van der Waals surface area contributed by atoms with Crippen molar-refractivity contribution in [2.75, 3.05) is 5.75 Å². The number of nitrogens with zero attached hydrogens (tertiary/aromatic N) is 1. The molecule has 2 nitrogen and oxygen atoms in total. The van der Waals surface area contributed by atoms with Gasteiger partial charge >= 0.3 is 0 Å². The van der Waals surface area contributed by atoms with Gasteiger partial charge in [0.05, 0.1) is 5.75 Å². The zero-order valence-corrected chi connectivity index (χ0v) is 11.5. The van der Waals surface area contributed by atoms with Crippen LogP contribution in [0.1, 0.15) is 15.9 Å². The zero-order chi connectivity index (χ0) is 13.0. The number of thioether (sulfide) groups is 1. The first kappa shape index (κ1) is 13.1. The van der Waals surface area contributed by atoms with Gasteiger partial charge in [0.1, 0.15) is 0 Å². The maximum absolute atomic E-state index is 12.0. The molecule has 0 saturated carbocycles. The Morgan fingerprint density at radius 3 is 2.89 bits per heavy atom. The molecule has 4 heteroatoms. The molecular formula is C14H12ClNOS. The molecule has 0 saturated heterocycles. The van der Waals surface area contributed by atoms with Crippen LogP contribution in [0.4, 0.5) is 0 Å². The predicted octanol–water partition coefficient (Wildman–Crippen LogP) is 4.02. The SMILES string of the molecule is Cc1cncc(C(=O)CSc2cccc(Cl)c2)c1. The Morgan fingerprint density at radius 1 is 1.33 bits per heavy atom. The summed E-state index contributed by atoms with van der Waals surface area (Å²) in [7, 11) is 0. The van der Waals surface area contributed by atoms with E-state index in [0.717, 1.165) is 10.5 Å². The molecule has 0 atom stereocenters. The second-order valence-electron chi connectivity index (χ2n) is 3.92. The number of carbonyl (C=O) groups is 1. The van der Waals surface area contributed by atoms with E-state index in [4.69, 9.17) is 11.6 Å². The summed E-state index contributed by atoms with van der Waals surface area (Å²) in [5.74, 6) is 0.474. The molecule has 0 N–H and O–H groups in total. The first-order valence-electron chi connectivity index (χ1n) is 5.48. The number of ketones is 1. The number of aromatic nitrogens is 1. The van der Waals surface area contributed by atoms with Gasteiger partial charge in [-0.2, -0.15) is 0 Å². The highest BCUT2D eigenvalue weighted by Crippen LogP contribution is 2.22. The standard InChI is InChI=1S/C14H12ClNOS/c1-10-5-11(8-16-7-10)14(17)9-18-13-4-2-3-12(15)6-13/h2-8H,9H2,1H3. The molecule has 1 aromatic carbocycles. The van der Waals surface area contributed by atoms with Gasteiger partial charge < -0.3 is 0 Å². The van der Waals surface area contributed by atoms with Crippen molar-refractivity contribution >= 4 is 29.1 Å². The molecule has 0 aliphatic rings. The summed E-state index contributed by atoms with van der Waals surface area (Å²) in [5, 5.41) is 0.685. The molecule has 1 heterocycles. The molecule has 0 aliphatic carbocycles. The minimum absolute atomic E-state index is 0.0798. The molecule has 0 aliphatic heterocycles. The number of Topliss-reactive ketones (excluding diaryl/α,β-unsaturated/α-hetero) is 1. The van der Waals surface area contributed by atoms with Crippen LogP contribution in [0.5, 0.6) is 0 Å². The number of hydrogen-bond donors (Lipinski definition) is 0. The summed E-state index contributed by atoms with van der Waals surface area (Å²) in [6.07, 6.45) is 3.34. The summed E-state index contributed by atoms with van der Waals surface area (Å²) in [4.78, 5) is 17.0. The van der Waals surface area contributed by atoms with Gasteiger partial charge in [-0.15, -0.1) is 11.8 Å². The number of pyridine rings is 1. The smallest absolute Gasteiger partial charge is 0.174 e. The Labute approximate surface area is 115 Å². The number of carbonyl (C=O) groups excluding carboxylic acids is 1. The lowest BCUT2D eigenvalue weighted by Crippen LogP contribution is -2.03. The number of aryl methyl sites for hydroxylation is 1. The third-order valence-electron chi connectivity index (χ3n) is 2.36. The van der Waals surface area contributed by atoms with E-state index in [0.29, 0.717) is 16.3 Å². The molecule has 0 fully saturated rings. The van der Waals surface area contributed by atoms with Gasteiger partial charge in [-0.3, -0.25) is 9.78 Å². The van der Waals surface area contributed by atoms with E-state index >= 15 is 0 Å². The maximum Gasteiger partial charge on any atom is 0.174 e. The molecule has 2 aromatic rings. The van der Waals surface area contributed by atoms with E-state index < -0.39 is 0 Å². The molecule has 0 amide bonds. The van der Waals surface area contributed by atoms with Crippen molar-refractivity contribution in [3.8, 4) is 0 Å². The molecule has 92 valence electrons. The minimum atomic E-state index is 0.0798. The number of benzene rings is 1. The molecule has 2 rings (SSSR count). The van der Waals surface area contributed by atoms with E-state index in [1.807, 2.05) is 37.3 Å². The summed E-state index contributed by atoms with van der Waals surface area (Å²) in [6.45, 7) is 1.92. The monoisotopic (exact) mass is 277 g/mol. The Bertz CT molecular complexity index is 571. The quantitative estimate of drug-likeness (QED) is 0.624. The van der Waals surface area contributed by atoms with Crippen molar-refractivity contribution in [1.82, 2.24) is 4.98 Å². The summed E-state index contributed by atoms with van der Waals surface area (Å²) < 4.78 is 0. The van der Waals surface area contributed by atoms with Gasteiger partial charge in [0, 0.05) is 27.9 Å². The Hall–Kier alpha value is -1.32. The van der Waals surface area contributed by atoms with E-state index in [2.05, 4.69) is 4.98 Å². The van der Waals surface area contributed by atoms with Gasteiger partial charge in [0.2, 0.25) is 0 Å². The summed E-state index contributed by atoms with van der Waals surface area (Å²) in [6, 6.07) is 9.35. The van der Waals surface area contributed by atoms with Crippen LogP contribution in [0.3, 0.4) is 0 Å². The lowest BCUT2D eigenvalue weighted by molar-refractivity contribution is 0.102. The van der Waals surface area contributed by atoms with E-state index in [9.17, 15) is 4.79 Å². The molecule has 18 heavy (non-hydrogen) atoms. The van der Waals surface area contributed by atoms with Crippen LogP contribution in [0.2, 0.25) is 5.02 Å². The number of hydrogen-bond acceptors (Lipinski definition) is 3. The third kappa shape index (κ3) is 3.59. The lowest BCUT2D eigenvalue weighted by atomic mass is 10.2. The van der Waals surface area contributed by atoms with Crippen molar-refractivity contribution in [3.05, 3.63) is 58.9 Å². The van der Waals surface area contributed by atoms with Crippen LogP contribution in [-0.4, -0.2) is 16.5 Å². The topological polar surface area (TPSA) is 30.0 Å². The molecule has 0 spiro atoms. The number of rotatable bonds is 4. The average Bonchev–Trinajstić information content (AvgIpc) is 2.36. The van der Waals surface area contributed by atoms with Crippen LogP contribution in [-0.2, 0) is 0 Å². The lowest BCUT2D eigenvalue weighted by Gasteiger charge is -2.02. The van der Waals surface area contributed by atoms with Gasteiger partial charge in [-0.1, -0.05) is 17.7 Å². The fourth-order valence-corrected chi connectivity index (χ4v) is 2.60. The van der Waals surface area contributed by atoms with E-state index in [1.54, 1.807) is 12.4 Å².